The Morgan fingerprint density at radius 3 is 2.72 bits per heavy atom. The van der Waals surface area contributed by atoms with Gasteiger partial charge in [0.2, 0.25) is 0 Å². The predicted molar refractivity (Wildman–Crippen MR) is 75.7 cm³/mol. The van der Waals surface area contributed by atoms with Crippen LogP contribution in [0.4, 0.5) is 0 Å². The van der Waals surface area contributed by atoms with Gasteiger partial charge in [-0.3, -0.25) is 0 Å². The van der Waals surface area contributed by atoms with Crippen LogP contribution in [0.25, 0.3) is 0 Å². The number of hydrogen-bond donors (Lipinski definition) is 2. The van der Waals surface area contributed by atoms with Crippen molar-refractivity contribution in [1.82, 2.24) is 5.32 Å². The summed E-state index contributed by atoms with van der Waals surface area (Å²) in [6.45, 7) is 3.16. The van der Waals surface area contributed by atoms with Crippen LogP contribution >= 0.6 is 0 Å². The van der Waals surface area contributed by atoms with Crippen LogP contribution in [-0.4, -0.2) is 11.7 Å². The number of para-hydroxylation sites is 1. The first-order valence-electron chi connectivity index (χ1n) is 7.28. The molecule has 1 aromatic rings. The van der Waals surface area contributed by atoms with Crippen molar-refractivity contribution in [3.63, 3.8) is 0 Å². The maximum absolute atomic E-state index is 9.77. The SMILES string of the molecule is CC(NCCCC1CCCC1)c1ccccc1O. The van der Waals surface area contributed by atoms with Gasteiger partial charge in [-0.15, -0.1) is 0 Å². The molecule has 0 radical (unpaired) electrons. The van der Waals surface area contributed by atoms with E-state index in [-0.39, 0.29) is 6.04 Å². The van der Waals surface area contributed by atoms with Gasteiger partial charge in [-0.1, -0.05) is 43.9 Å². The second-order valence-corrected chi connectivity index (χ2v) is 5.53. The lowest BCUT2D eigenvalue weighted by molar-refractivity contribution is 0.437. The monoisotopic (exact) mass is 247 g/mol. The van der Waals surface area contributed by atoms with Gasteiger partial charge in [-0.25, -0.2) is 0 Å². The Labute approximate surface area is 110 Å². The number of phenols is 1. The quantitative estimate of drug-likeness (QED) is 0.744. The number of benzene rings is 1. The van der Waals surface area contributed by atoms with E-state index in [0.29, 0.717) is 5.75 Å². The van der Waals surface area contributed by atoms with Crippen LogP contribution in [0.2, 0.25) is 0 Å². The van der Waals surface area contributed by atoms with Crippen molar-refractivity contribution in [3.05, 3.63) is 29.8 Å². The second kappa shape index (κ2) is 6.79. The van der Waals surface area contributed by atoms with Crippen molar-refractivity contribution >= 4 is 0 Å². The van der Waals surface area contributed by atoms with E-state index in [1.165, 1.54) is 38.5 Å². The molecule has 1 aromatic carbocycles. The summed E-state index contributed by atoms with van der Waals surface area (Å²) in [5, 5.41) is 13.3. The molecule has 1 unspecified atom stereocenters. The van der Waals surface area contributed by atoms with Gasteiger partial charge in [-0.05, 0) is 38.3 Å². The highest BCUT2D eigenvalue weighted by atomic mass is 16.3. The van der Waals surface area contributed by atoms with Crippen molar-refractivity contribution in [2.24, 2.45) is 5.92 Å². The fourth-order valence-electron chi connectivity index (χ4n) is 2.97. The zero-order valence-electron chi connectivity index (χ0n) is 11.4. The molecule has 2 N–H and O–H groups in total. The normalized spacial score (nSPS) is 18.1. The van der Waals surface area contributed by atoms with Gasteiger partial charge in [0, 0.05) is 11.6 Å². The van der Waals surface area contributed by atoms with Gasteiger partial charge in [0.15, 0.2) is 0 Å². The fraction of sp³-hybridized carbons (Fsp3) is 0.625. The third-order valence-corrected chi connectivity index (χ3v) is 4.12. The summed E-state index contributed by atoms with van der Waals surface area (Å²) in [6, 6.07) is 7.82. The van der Waals surface area contributed by atoms with E-state index in [1.807, 2.05) is 18.2 Å². The summed E-state index contributed by atoms with van der Waals surface area (Å²) in [5.41, 5.74) is 0.998. The highest BCUT2D eigenvalue weighted by Gasteiger charge is 2.14. The summed E-state index contributed by atoms with van der Waals surface area (Å²) < 4.78 is 0. The van der Waals surface area contributed by atoms with E-state index < -0.39 is 0 Å². The Morgan fingerprint density at radius 1 is 1.28 bits per heavy atom. The van der Waals surface area contributed by atoms with Crippen LogP contribution in [0.5, 0.6) is 5.75 Å². The molecule has 0 bridgehead atoms. The van der Waals surface area contributed by atoms with Gasteiger partial charge in [-0.2, -0.15) is 0 Å². The van der Waals surface area contributed by atoms with Gasteiger partial charge in [0.25, 0.3) is 0 Å². The molecule has 1 saturated carbocycles. The number of phenolic OH excluding ortho intramolecular Hbond substituents is 1. The Bertz CT molecular complexity index is 358. The zero-order valence-corrected chi connectivity index (χ0v) is 11.4. The molecule has 2 nitrogen and oxygen atoms in total. The second-order valence-electron chi connectivity index (χ2n) is 5.53. The standard InChI is InChI=1S/C16H25NO/c1-13(15-10-4-5-11-16(15)18)17-12-6-9-14-7-2-3-8-14/h4-5,10-11,13-14,17-18H,2-3,6-9,12H2,1H3. The smallest absolute Gasteiger partial charge is 0.120 e. The molecule has 0 heterocycles. The van der Waals surface area contributed by atoms with Crippen LogP contribution in [0, 0.1) is 5.92 Å². The molecular formula is C16H25NO. The summed E-state index contributed by atoms with van der Waals surface area (Å²) in [4.78, 5) is 0. The predicted octanol–water partition coefficient (Wildman–Crippen LogP) is 4.01. The minimum absolute atomic E-state index is 0.231. The van der Waals surface area contributed by atoms with E-state index in [2.05, 4.69) is 12.2 Å². The number of nitrogens with one attached hydrogen (secondary N) is 1. The topological polar surface area (TPSA) is 32.3 Å². The zero-order chi connectivity index (χ0) is 12.8. The molecule has 2 rings (SSSR count). The highest BCUT2D eigenvalue weighted by Crippen LogP contribution is 2.28. The Kier molecular flexibility index (Phi) is 5.06. The first-order valence-corrected chi connectivity index (χ1v) is 7.28. The minimum Gasteiger partial charge on any atom is -0.508 e. The molecule has 0 saturated heterocycles. The van der Waals surface area contributed by atoms with Crippen molar-refractivity contribution < 1.29 is 5.11 Å². The molecule has 0 amide bonds. The van der Waals surface area contributed by atoms with Crippen LogP contribution in [-0.2, 0) is 0 Å². The van der Waals surface area contributed by atoms with Crippen molar-refractivity contribution in [2.75, 3.05) is 6.54 Å². The molecule has 100 valence electrons. The highest BCUT2D eigenvalue weighted by molar-refractivity contribution is 5.34. The third-order valence-electron chi connectivity index (χ3n) is 4.12. The van der Waals surface area contributed by atoms with Crippen LogP contribution in [0.1, 0.15) is 57.1 Å². The number of rotatable bonds is 6. The molecule has 0 aromatic heterocycles. The summed E-state index contributed by atoms with van der Waals surface area (Å²) in [5.74, 6) is 1.38. The molecule has 0 aliphatic heterocycles. The molecule has 1 aliphatic rings. The largest absolute Gasteiger partial charge is 0.508 e. The summed E-state index contributed by atoms with van der Waals surface area (Å²) >= 11 is 0. The van der Waals surface area contributed by atoms with Crippen molar-refractivity contribution in [1.29, 1.82) is 0 Å². The molecule has 18 heavy (non-hydrogen) atoms. The van der Waals surface area contributed by atoms with Gasteiger partial charge < -0.3 is 10.4 Å². The van der Waals surface area contributed by atoms with Crippen LogP contribution in [0.3, 0.4) is 0 Å². The summed E-state index contributed by atoms with van der Waals surface area (Å²) in [7, 11) is 0. The Balaban J connectivity index is 1.68. The van der Waals surface area contributed by atoms with E-state index in [1.54, 1.807) is 6.07 Å². The van der Waals surface area contributed by atoms with E-state index >= 15 is 0 Å². The third kappa shape index (κ3) is 3.74. The molecule has 1 aliphatic carbocycles. The average molecular weight is 247 g/mol. The first-order chi connectivity index (χ1) is 8.77. The van der Waals surface area contributed by atoms with E-state index in [4.69, 9.17) is 0 Å². The lowest BCUT2D eigenvalue weighted by Crippen LogP contribution is -2.20. The Morgan fingerprint density at radius 2 is 2.00 bits per heavy atom. The maximum Gasteiger partial charge on any atom is 0.120 e. The minimum atomic E-state index is 0.231. The first kappa shape index (κ1) is 13.4. The van der Waals surface area contributed by atoms with Gasteiger partial charge in [0.1, 0.15) is 5.75 Å². The number of aromatic hydroxyl groups is 1. The van der Waals surface area contributed by atoms with E-state index in [9.17, 15) is 5.11 Å². The van der Waals surface area contributed by atoms with Gasteiger partial charge in [0.05, 0.1) is 0 Å². The van der Waals surface area contributed by atoms with Crippen LogP contribution < -0.4 is 5.32 Å². The molecule has 1 atom stereocenters. The lowest BCUT2D eigenvalue weighted by atomic mass is 10.0. The number of hydrogen-bond acceptors (Lipinski definition) is 2. The van der Waals surface area contributed by atoms with Crippen LogP contribution in [0.15, 0.2) is 24.3 Å². The Hall–Kier alpha value is -1.02. The molecule has 1 fully saturated rings. The van der Waals surface area contributed by atoms with Gasteiger partial charge >= 0.3 is 0 Å². The molecular weight excluding hydrogens is 222 g/mol. The molecule has 2 heteroatoms. The van der Waals surface area contributed by atoms with E-state index in [0.717, 1.165) is 18.0 Å². The van der Waals surface area contributed by atoms with Crippen molar-refractivity contribution in [2.45, 2.75) is 51.5 Å². The van der Waals surface area contributed by atoms with Crippen molar-refractivity contribution in [3.8, 4) is 5.75 Å². The fourth-order valence-corrected chi connectivity index (χ4v) is 2.97. The average Bonchev–Trinajstić information content (AvgIpc) is 2.88. The maximum atomic E-state index is 9.77. The summed E-state index contributed by atoms with van der Waals surface area (Å²) in [6.07, 6.45) is 8.37. The molecule has 0 spiro atoms. The lowest BCUT2D eigenvalue weighted by Gasteiger charge is -2.16.